The molecular weight excluding hydrogens is 422 g/mol. The molecule has 5 rings (SSSR count). The molecule has 2 aromatic carbocycles. The molecule has 3 heterocycles. The van der Waals surface area contributed by atoms with Gasteiger partial charge in [-0.05, 0) is 82.8 Å². The third kappa shape index (κ3) is 4.64. The molecule has 6 nitrogen and oxygen atoms in total. The molecule has 2 N–H and O–H groups in total. The maximum atomic E-state index is 6.31. The SMILES string of the molecule is Cc1cc2nc(-c3ccccc3)cc(Nc3cc(C)c(C4CCNCC4)cc3OC(C)C)n2n1. The predicted molar refractivity (Wildman–Crippen MR) is 138 cm³/mol. The molecule has 2 aromatic heterocycles. The van der Waals surface area contributed by atoms with Gasteiger partial charge in [0.15, 0.2) is 5.65 Å². The van der Waals surface area contributed by atoms with Crippen LogP contribution in [0.1, 0.15) is 49.4 Å². The summed E-state index contributed by atoms with van der Waals surface area (Å²) in [6, 6.07) is 18.8. The Morgan fingerprint density at radius 2 is 1.79 bits per heavy atom. The average Bonchev–Trinajstić information content (AvgIpc) is 3.22. The molecule has 1 saturated heterocycles. The van der Waals surface area contributed by atoms with Crippen LogP contribution < -0.4 is 15.4 Å². The quantitative estimate of drug-likeness (QED) is 0.373. The summed E-state index contributed by atoms with van der Waals surface area (Å²) in [5.74, 6) is 2.31. The Kier molecular flexibility index (Phi) is 6.24. The first-order valence-electron chi connectivity index (χ1n) is 12.2. The molecule has 1 fully saturated rings. The second-order valence-electron chi connectivity index (χ2n) is 9.47. The summed E-state index contributed by atoms with van der Waals surface area (Å²) in [6.07, 6.45) is 2.40. The van der Waals surface area contributed by atoms with Crippen molar-refractivity contribution in [3.63, 3.8) is 0 Å². The van der Waals surface area contributed by atoms with Crippen molar-refractivity contribution in [3.8, 4) is 17.0 Å². The molecule has 1 aliphatic rings. The second kappa shape index (κ2) is 9.47. The minimum absolute atomic E-state index is 0.0772. The van der Waals surface area contributed by atoms with E-state index in [1.807, 2.05) is 35.7 Å². The molecule has 0 saturated carbocycles. The highest BCUT2D eigenvalue weighted by Crippen LogP contribution is 2.38. The predicted octanol–water partition coefficient (Wildman–Crippen LogP) is 6.01. The van der Waals surface area contributed by atoms with Gasteiger partial charge in [-0.25, -0.2) is 4.98 Å². The molecule has 0 aliphatic carbocycles. The van der Waals surface area contributed by atoms with Crippen LogP contribution >= 0.6 is 0 Å². The smallest absolute Gasteiger partial charge is 0.158 e. The summed E-state index contributed by atoms with van der Waals surface area (Å²) >= 11 is 0. The van der Waals surface area contributed by atoms with Crippen LogP contribution in [0.2, 0.25) is 0 Å². The summed E-state index contributed by atoms with van der Waals surface area (Å²) in [7, 11) is 0. The number of aromatic nitrogens is 3. The number of piperidine rings is 1. The van der Waals surface area contributed by atoms with Gasteiger partial charge in [-0.2, -0.15) is 9.61 Å². The van der Waals surface area contributed by atoms with E-state index in [9.17, 15) is 0 Å². The van der Waals surface area contributed by atoms with Crippen molar-refractivity contribution in [1.29, 1.82) is 0 Å². The van der Waals surface area contributed by atoms with Crippen LogP contribution in [-0.4, -0.2) is 33.8 Å². The van der Waals surface area contributed by atoms with E-state index in [-0.39, 0.29) is 6.10 Å². The fraction of sp³-hybridized carbons (Fsp3) is 0.357. The first-order valence-corrected chi connectivity index (χ1v) is 12.2. The van der Waals surface area contributed by atoms with Crippen LogP contribution in [0.4, 0.5) is 11.5 Å². The van der Waals surface area contributed by atoms with Crippen molar-refractivity contribution >= 4 is 17.2 Å². The molecule has 0 spiro atoms. The zero-order valence-corrected chi connectivity index (χ0v) is 20.4. The van der Waals surface area contributed by atoms with Crippen LogP contribution in [0.3, 0.4) is 0 Å². The monoisotopic (exact) mass is 455 g/mol. The minimum Gasteiger partial charge on any atom is -0.489 e. The molecule has 0 radical (unpaired) electrons. The summed E-state index contributed by atoms with van der Waals surface area (Å²) in [4.78, 5) is 4.86. The Morgan fingerprint density at radius 3 is 2.53 bits per heavy atom. The van der Waals surface area contributed by atoms with Crippen molar-refractivity contribution in [3.05, 3.63) is 71.4 Å². The van der Waals surface area contributed by atoms with Gasteiger partial charge in [0.05, 0.1) is 23.2 Å². The Labute approximate surface area is 201 Å². The highest BCUT2D eigenvalue weighted by atomic mass is 16.5. The highest BCUT2D eigenvalue weighted by Gasteiger charge is 2.21. The van der Waals surface area contributed by atoms with Gasteiger partial charge >= 0.3 is 0 Å². The van der Waals surface area contributed by atoms with Gasteiger partial charge in [0.25, 0.3) is 0 Å². The Morgan fingerprint density at radius 1 is 1.03 bits per heavy atom. The number of benzene rings is 2. The van der Waals surface area contributed by atoms with E-state index in [4.69, 9.17) is 14.8 Å². The molecular formula is C28H33N5O. The van der Waals surface area contributed by atoms with E-state index in [1.165, 1.54) is 11.1 Å². The molecule has 0 unspecified atom stereocenters. The number of nitrogens with one attached hydrogen (secondary N) is 2. The van der Waals surface area contributed by atoms with Gasteiger partial charge in [0, 0.05) is 17.7 Å². The molecule has 6 heteroatoms. The molecule has 0 amide bonds. The van der Waals surface area contributed by atoms with Gasteiger partial charge in [0.1, 0.15) is 11.6 Å². The van der Waals surface area contributed by atoms with E-state index < -0.39 is 0 Å². The Balaban J connectivity index is 1.59. The van der Waals surface area contributed by atoms with Crippen LogP contribution in [0.25, 0.3) is 16.9 Å². The highest BCUT2D eigenvalue weighted by molar-refractivity contribution is 5.72. The number of fused-ring (bicyclic) bond motifs is 1. The number of rotatable bonds is 6. The van der Waals surface area contributed by atoms with Crippen molar-refractivity contribution in [2.24, 2.45) is 0 Å². The fourth-order valence-electron chi connectivity index (χ4n) is 4.80. The number of ether oxygens (including phenoxy) is 1. The summed E-state index contributed by atoms with van der Waals surface area (Å²) in [6.45, 7) is 10.5. The van der Waals surface area contributed by atoms with Gasteiger partial charge in [-0.3, -0.25) is 0 Å². The molecule has 1 aliphatic heterocycles. The van der Waals surface area contributed by atoms with E-state index in [2.05, 4.69) is 61.7 Å². The fourth-order valence-corrected chi connectivity index (χ4v) is 4.80. The summed E-state index contributed by atoms with van der Waals surface area (Å²) in [5, 5.41) is 11.8. The lowest BCUT2D eigenvalue weighted by molar-refractivity contribution is 0.243. The normalized spacial score (nSPS) is 14.6. The zero-order chi connectivity index (χ0) is 23.7. The van der Waals surface area contributed by atoms with Crippen LogP contribution in [0.5, 0.6) is 5.75 Å². The average molecular weight is 456 g/mol. The largest absolute Gasteiger partial charge is 0.489 e. The van der Waals surface area contributed by atoms with Crippen molar-refractivity contribution in [2.45, 2.75) is 52.6 Å². The van der Waals surface area contributed by atoms with Crippen molar-refractivity contribution in [1.82, 2.24) is 19.9 Å². The summed E-state index contributed by atoms with van der Waals surface area (Å²) in [5.41, 5.74) is 7.35. The van der Waals surface area contributed by atoms with Crippen LogP contribution in [0, 0.1) is 13.8 Å². The van der Waals surface area contributed by atoms with Crippen LogP contribution in [0.15, 0.2) is 54.6 Å². The van der Waals surface area contributed by atoms with Gasteiger partial charge in [-0.15, -0.1) is 0 Å². The number of hydrogen-bond acceptors (Lipinski definition) is 5. The topological polar surface area (TPSA) is 63.5 Å². The summed E-state index contributed by atoms with van der Waals surface area (Å²) < 4.78 is 8.18. The number of aryl methyl sites for hydroxylation is 2. The van der Waals surface area contributed by atoms with Gasteiger partial charge in [-0.1, -0.05) is 30.3 Å². The van der Waals surface area contributed by atoms with Crippen LogP contribution in [-0.2, 0) is 0 Å². The Hall–Kier alpha value is -3.38. The first-order chi connectivity index (χ1) is 16.5. The van der Waals surface area contributed by atoms with Crippen molar-refractivity contribution in [2.75, 3.05) is 18.4 Å². The van der Waals surface area contributed by atoms with Gasteiger partial charge < -0.3 is 15.4 Å². The number of hydrogen-bond donors (Lipinski definition) is 2. The minimum atomic E-state index is 0.0772. The lowest BCUT2D eigenvalue weighted by atomic mass is 9.87. The first kappa shape index (κ1) is 22.4. The standard InChI is InChI=1S/C28H33N5O/c1-18(2)34-26-16-23(21-10-12-29-13-11-21)19(3)14-25(26)31-28-17-24(22-8-6-5-7-9-22)30-27-15-20(4)32-33(27)28/h5-9,14-18,21,29,31H,10-13H2,1-4H3. The third-order valence-corrected chi connectivity index (χ3v) is 6.39. The Bertz CT molecular complexity index is 1290. The lowest BCUT2D eigenvalue weighted by Gasteiger charge is -2.26. The number of anilines is 2. The second-order valence-corrected chi connectivity index (χ2v) is 9.47. The lowest BCUT2D eigenvalue weighted by Crippen LogP contribution is -2.27. The van der Waals surface area contributed by atoms with E-state index >= 15 is 0 Å². The zero-order valence-electron chi connectivity index (χ0n) is 20.4. The van der Waals surface area contributed by atoms with Gasteiger partial charge in [0.2, 0.25) is 0 Å². The van der Waals surface area contributed by atoms with Crippen molar-refractivity contribution < 1.29 is 4.74 Å². The third-order valence-electron chi connectivity index (χ3n) is 6.39. The molecule has 176 valence electrons. The molecule has 0 bridgehead atoms. The van der Waals surface area contributed by atoms with E-state index in [0.717, 1.165) is 65.8 Å². The molecule has 0 atom stereocenters. The molecule has 4 aromatic rings. The maximum absolute atomic E-state index is 6.31. The number of nitrogens with zero attached hydrogens (tertiary/aromatic N) is 3. The van der Waals surface area contributed by atoms with E-state index in [1.54, 1.807) is 0 Å². The molecule has 34 heavy (non-hydrogen) atoms. The van der Waals surface area contributed by atoms with E-state index in [0.29, 0.717) is 5.92 Å². The maximum Gasteiger partial charge on any atom is 0.158 e.